The van der Waals surface area contributed by atoms with E-state index in [1.165, 1.54) is 44.2 Å². The van der Waals surface area contributed by atoms with Gasteiger partial charge in [0.25, 0.3) is 0 Å². The second kappa shape index (κ2) is 18.0. The summed E-state index contributed by atoms with van der Waals surface area (Å²) in [5, 5.41) is 0. The molecule has 0 bridgehead atoms. The van der Waals surface area contributed by atoms with Crippen LogP contribution in [0.15, 0.2) is 66.7 Å². The number of hydrogen-bond acceptors (Lipinski definition) is 5. The van der Waals surface area contributed by atoms with Gasteiger partial charge in [0, 0.05) is 0 Å². The molecule has 1 unspecified atom stereocenters. The van der Waals surface area contributed by atoms with Gasteiger partial charge in [0.1, 0.15) is 5.75 Å². The number of halogens is 1. The number of rotatable bonds is 18. The van der Waals surface area contributed by atoms with Crippen molar-refractivity contribution in [1.82, 2.24) is 0 Å². The molecule has 0 aliphatic carbocycles. The standard InChI is InChI=1S/C36H45FO5/c1-4-6-8-10-11-13-25-40-35(38)30-17-15-28(16-18-30)29-19-22-32(23-20-29)42-36(39)31-21-24-34(33(37)26-31)41-27(3)14-12-9-7-5-2/h15-24,26-27H,4-14,25H2,1-3H3. The second-order valence-corrected chi connectivity index (χ2v) is 10.8. The third-order valence-corrected chi connectivity index (χ3v) is 7.21. The average molecular weight is 577 g/mol. The van der Waals surface area contributed by atoms with E-state index in [0.29, 0.717) is 17.9 Å². The molecule has 5 nitrogen and oxygen atoms in total. The summed E-state index contributed by atoms with van der Waals surface area (Å²) >= 11 is 0. The summed E-state index contributed by atoms with van der Waals surface area (Å²) in [6.07, 6.45) is 12.1. The highest BCUT2D eigenvalue weighted by Gasteiger charge is 2.15. The second-order valence-electron chi connectivity index (χ2n) is 10.8. The summed E-state index contributed by atoms with van der Waals surface area (Å²) < 4.78 is 31.2. The summed E-state index contributed by atoms with van der Waals surface area (Å²) in [6, 6.07) is 18.4. The molecule has 0 saturated carbocycles. The predicted molar refractivity (Wildman–Crippen MR) is 166 cm³/mol. The SMILES string of the molecule is CCCCCCCCOC(=O)c1ccc(-c2ccc(OC(=O)c3ccc(OC(C)CCCCCC)c(F)c3)cc2)cc1. The van der Waals surface area contributed by atoms with Crippen LogP contribution in [0.4, 0.5) is 4.39 Å². The maximum absolute atomic E-state index is 14.6. The fourth-order valence-electron chi connectivity index (χ4n) is 4.67. The molecule has 0 radical (unpaired) electrons. The van der Waals surface area contributed by atoms with Crippen molar-refractivity contribution in [3.05, 3.63) is 83.7 Å². The Morgan fingerprint density at radius 2 is 1.26 bits per heavy atom. The molecular formula is C36H45FO5. The molecule has 6 heteroatoms. The van der Waals surface area contributed by atoms with E-state index >= 15 is 0 Å². The van der Waals surface area contributed by atoms with E-state index < -0.39 is 11.8 Å². The van der Waals surface area contributed by atoms with E-state index in [4.69, 9.17) is 14.2 Å². The van der Waals surface area contributed by atoms with E-state index in [1.807, 2.05) is 31.2 Å². The zero-order chi connectivity index (χ0) is 30.2. The first-order valence-corrected chi connectivity index (χ1v) is 15.5. The van der Waals surface area contributed by atoms with Gasteiger partial charge in [0.05, 0.1) is 23.8 Å². The van der Waals surface area contributed by atoms with Crippen molar-refractivity contribution in [3.8, 4) is 22.6 Å². The lowest BCUT2D eigenvalue weighted by Gasteiger charge is -2.15. The number of esters is 2. The fraction of sp³-hybridized carbons (Fsp3) is 0.444. The maximum atomic E-state index is 14.6. The Labute approximate surface area is 250 Å². The zero-order valence-electron chi connectivity index (χ0n) is 25.3. The number of carbonyl (C=O) groups excluding carboxylic acids is 2. The van der Waals surface area contributed by atoms with Crippen LogP contribution >= 0.6 is 0 Å². The van der Waals surface area contributed by atoms with Crippen molar-refractivity contribution in [2.75, 3.05) is 6.61 Å². The van der Waals surface area contributed by atoms with Gasteiger partial charge in [-0.2, -0.15) is 0 Å². The van der Waals surface area contributed by atoms with Gasteiger partial charge in [-0.1, -0.05) is 89.5 Å². The highest BCUT2D eigenvalue weighted by Crippen LogP contribution is 2.25. The van der Waals surface area contributed by atoms with Crippen molar-refractivity contribution in [1.29, 1.82) is 0 Å². The zero-order valence-corrected chi connectivity index (χ0v) is 25.3. The predicted octanol–water partition coefficient (Wildman–Crippen LogP) is 9.97. The minimum Gasteiger partial charge on any atom is -0.488 e. The van der Waals surface area contributed by atoms with E-state index in [-0.39, 0.29) is 23.4 Å². The van der Waals surface area contributed by atoms with Crippen LogP contribution in [0.25, 0.3) is 11.1 Å². The van der Waals surface area contributed by atoms with Crippen LogP contribution in [0.2, 0.25) is 0 Å². The number of benzene rings is 3. The van der Waals surface area contributed by atoms with Gasteiger partial charge >= 0.3 is 11.9 Å². The molecule has 3 aromatic rings. The average Bonchev–Trinajstić information content (AvgIpc) is 3.00. The van der Waals surface area contributed by atoms with Crippen LogP contribution in [-0.4, -0.2) is 24.6 Å². The molecule has 0 saturated heterocycles. The summed E-state index contributed by atoms with van der Waals surface area (Å²) in [5.74, 6) is -1.07. The van der Waals surface area contributed by atoms with Crippen molar-refractivity contribution in [3.63, 3.8) is 0 Å². The highest BCUT2D eigenvalue weighted by molar-refractivity contribution is 5.91. The van der Waals surface area contributed by atoms with Crippen LogP contribution in [0.5, 0.6) is 11.5 Å². The molecule has 0 heterocycles. The fourth-order valence-corrected chi connectivity index (χ4v) is 4.67. The van der Waals surface area contributed by atoms with Crippen molar-refractivity contribution in [2.24, 2.45) is 0 Å². The molecule has 0 aliphatic heterocycles. The molecule has 3 aromatic carbocycles. The summed E-state index contributed by atoms with van der Waals surface area (Å²) in [5.41, 5.74) is 2.44. The molecule has 0 spiro atoms. The first kappa shape index (κ1) is 32.8. The molecule has 0 amide bonds. The highest BCUT2D eigenvalue weighted by atomic mass is 19.1. The van der Waals surface area contributed by atoms with Crippen molar-refractivity contribution < 1.29 is 28.2 Å². The Kier molecular flexibility index (Phi) is 14.1. The normalized spacial score (nSPS) is 11.6. The Hall–Kier alpha value is -3.67. The molecule has 226 valence electrons. The molecule has 1 atom stereocenters. The Morgan fingerprint density at radius 3 is 1.90 bits per heavy atom. The molecule has 3 rings (SSSR count). The molecule has 0 N–H and O–H groups in total. The van der Waals surface area contributed by atoms with Crippen LogP contribution in [0.3, 0.4) is 0 Å². The van der Waals surface area contributed by atoms with Crippen LogP contribution in [0, 0.1) is 5.82 Å². The first-order chi connectivity index (χ1) is 20.4. The quantitative estimate of drug-likeness (QED) is 0.0857. The molecular weight excluding hydrogens is 531 g/mol. The maximum Gasteiger partial charge on any atom is 0.343 e. The smallest absolute Gasteiger partial charge is 0.343 e. The largest absolute Gasteiger partial charge is 0.488 e. The Balaban J connectivity index is 1.48. The topological polar surface area (TPSA) is 61.8 Å². The minimum absolute atomic E-state index is 0.104. The Morgan fingerprint density at radius 1 is 0.690 bits per heavy atom. The van der Waals surface area contributed by atoms with Crippen LogP contribution < -0.4 is 9.47 Å². The van der Waals surface area contributed by atoms with Gasteiger partial charge in [-0.25, -0.2) is 14.0 Å². The lowest BCUT2D eigenvalue weighted by atomic mass is 10.0. The van der Waals surface area contributed by atoms with Crippen LogP contribution in [0.1, 0.15) is 112 Å². The van der Waals surface area contributed by atoms with Crippen molar-refractivity contribution >= 4 is 11.9 Å². The van der Waals surface area contributed by atoms with Gasteiger partial charge in [-0.15, -0.1) is 0 Å². The molecule has 0 fully saturated rings. The summed E-state index contributed by atoms with van der Waals surface area (Å²) in [4.78, 5) is 25.0. The number of unbranched alkanes of at least 4 members (excludes halogenated alkanes) is 8. The van der Waals surface area contributed by atoms with Gasteiger partial charge in [-0.05, 0) is 79.8 Å². The lowest BCUT2D eigenvalue weighted by molar-refractivity contribution is 0.0497. The van der Waals surface area contributed by atoms with E-state index in [2.05, 4.69) is 13.8 Å². The van der Waals surface area contributed by atoms with Gasteiger partial charge in [0.2, 0.25) is 0 Å². The van der Waals surface area contributed by atoms with Gasteiger partial charge < -0.3 is 14.2 Å². The van der Waals surface area contributed by atoms with E-state index in [0.717, 1.165) is 55.7 Å². The first-order valence-electron chi connectivity index (χ1n) is 15.5. The number of hydrogen-bond donors (Lipinski definition) is 0. The van der Waals surface area contributed by atoms with Gasteiger partial charge in [0.15, 0.2) is 11.6 Å². The van der Waals surface area contributed by atoms with Gasteiger partial charge in [-0.3, -0.25) is 0 Å². The van der Waals surface area contributed by atoms with E-state index in [1.54, 1.807) is 24.3 Å². The molecule has 0 aliphatic rings. The summed E-state index contributed by atoms with van der Waals surface area (Å²) in [6.45, 7) is 6.72. The third kappa shape index (κ3) is 11.0. The minimum atomic E-state index is -0.648. The monoisotopic (exact) mass is 576 g/mol. The third-order valence-electron chi connectivity index (χ3n) is 7.21. The summed E-state index contributed by atoms with van der Waals surface area (Å²) in [7, 11) is 0. The van der Waals surface area contributed by atoms with Crippen LogP contribution in [-0.2, 0) is 4.74 Å². The molecule has 42 heavy (non-hydrogen) atoms. The van der Waals surface area contributed by atoms with E-state index in [9.17, 15) is 14.0 Å². The number of ether oxygens (including phenoxy) is 3. The Bertz CT molecular complexity index is 1240. The van der Waals surface area contributed by atoms with Crippen molar-refractivity contribution in [2.45, 2.75) is 97.5 Å². The molecule has 0 aromatic heterocycles. The number of carbonyl (C=O) groups is 2. The lowest BCUT2D eigenvalue weighted by Crippen LogP contribution is -2.13.